The molecule has 0 saturated heterocycles. The van der Waals surface area contributed by atoms with Gasteiger partial charge in [-0.2, -0.15) is 0 Å². The Balaban J connectivity index is 1.54. The Bertz CT molecular complexity index is 1500. The molecule has 8 nitrogen and oxygen atoms in total. The summed E-state index contributed by atoms with van der Waals surface area (Å²) >= 11 is 6.31. The quantitative estimate of drug-likeness (QED) is 0.307. The number of rotatable bonds is 6. The van der Waals surface area contributed by atoms with E-state index >= 15 is 0 Å². The third-order valence-corrected chi connectivity index (χ3v) is 6.07. The smallest absolute Gasteiger partial charge is 0.260 e. The van der Waals surface area contributed by atoms with Crippen LogP contribution in [0.15, 0.2) is 53.6 Å². The minimum absolute atomic E-state index is 0.0242. The molecule has 2 aromatic carbocycles. The number of nitrogen functional groups attached to an aromatic ring is 1. The minimum atomic E-state index is -0.687. The van der Waals surface area contributed by atoms with E-state index in [4.69, 9.17) is 22.7 Å². The van der Waals surface area contributed by atoms with Crippen LogP contribution in [0.3, 0.4) is 0 Å². The maximum absolute atomic E-state index is 13.8. The molecular weight excluding hydrogens is 459 g/mol. The molecule has 0 atom stereocenters. The highest BCUT2D eigenvalue weighted by Gasteiger charge is 2.28. The monoisotopic (exact) mass is 478 g/mol. The third-order valence-electron chi connectivity index (χ3n) is 5.76. The van der Waals surface area contributed by atoms with Crippen molar-refractivity contribution in [1.82, 2.24) is 14.5 Å². The topological polar surface area (TPSA) is 130 Å². The van der Waals surface area contributed by atoms with Crippen LogP contribution in [0.5, 0.6) is 5.75 Å². The van der Waals surface area contributed by atoms with E-state index in [0.717, 1.165) is 36.1 Å². The van der Waals surface area contributed by atoms with Gasteiger partial charge in [-0.05, 0) is 42.5 Å². The van der Waals surface area contributed by atoms with E-state index in [1.165, 1.54) is 12.4 Å². The first kappa shape index (κ1) is 21.8. The van der Waals surface area contributed by atoms with Crippen molar-refractivity contribution in [2.75, 3.05) is 11.1 Å². The highest BCUT2D eigenvalue weighted by Crippen LogP contribution is 2.36. The van der Waals surface area contributed by atoms with Crippen LogP contribution in [0.25, 0.3) is 10.8 Å². The Morgan fingerprint density at radius 1 is 1.26 bits per heavy atom. The van der Waals surface area contributed by atoms with Crippen molar-refractivity contribution in [3.63, 3.8) is 0 Å². The number of fused-ring (bicyclic) bond motifs is 1. The summed E-state index contributed by atoms with van der Waals surface area (Å²) in [5, 5.41) is 23.1. The number of phenols is 1. The lowest BCUT2D eigenvalue weighted by Crippen LogP contribution is -2.25. The zero-order valence-electron chi connectivity index (χ0n) is 17.8. The fourth-order valence-electron chi connectivity index (χ4n) is 4.07. The van der Waals surface area contributed by atoms with Crippen LogP contribution < -0.4 is 16.6 Å². The van der Waals surface area contributed by atoms with Crippen LogP contribution in [0, 0.1) is 11.2 Å². The molecule has 1 aliphatic carbocycles. The van der Waals surface area contributed by atoms with Gasteiger partial charge in [-0.1, -0.05) is 23.7 Å². The molecule has 0 radical (unpaired) electrons. The number of benzene rings is 2. The van der Waals surface area contributed by atoms with E-state index < -0.39 is 5.82 Å². The number of nitrogens with zero attached hydrogens (tertiary/aromatic N) is 3. The predicted octanol–water partition coefficient (Wildman–Crippen LogP) is 4.23. The Morgan fingerprint density at radius 2 is 2.06 bits per heavy atom. The summed E-state index contributed by atoms with van der Waals surface area (Å²) in [6, 6.07) is 10.7. The second-order valence-electron chi connectivity index (χ2n) is 8.16. The van der Waals surface area contributed by atoms with Crippen molar-refractivity contribution >= 4 is 39.7 Å². The molecule has 1 saturated carbocycles. The normalized spacial score (nSPS) is 13.2. The standard InChI is InChI=1S/C24H20ClFN6O2/c25-18-3-1-2-12-7-16(32(15-4-5-15)24(34)19(12)18)10-29-23-20(22(28)30-11-31-23)21(27)13-6-14(26)9-17(33)8-13/h1-3,6-9,11,15,27,33H,4-5,10H2,(H3,28,29,30,31). The number of hydrogen-bond acceptors (Lipinski definition) is 7. The number of aromatic nitrogens is 3. The van der Waals surface area contributed by atoms with Gasteiger partial charge < -0.3 is 20.7 Å². The first-order valence-electron chi connectivity index (χ1n) is 10.6. The number of pyridine rings is 1. The molecule has 2 aromatic heterocycles. The summed E-state index contributed by atoms with van der Waals surface area (Å²) in [6.45, 7) is 0.222. The van der Waals surface area contributed by atoms with Crippen molar-refractivity contribution in [1.29, 1.82) is 5.41 Å². The summed E-state index contributed by atoms with van der Waals surface area (Å²) in [7, 11) is 0. The van der Waals surface area contributed by atoms with Gasteiger partial charge in [0.25, 0.3) is 5.56 Å². The van der Waals surface area contributed by atoms with Crippen molar-refractivity contribution in [2.24, 2.45) is 0 Å². The van der Waals surface area contributed by atoms with Crippen molar-refractivity contribution in [2.45, 2.75) is 25.4 Å². The predicted molar refractivity (Wildman–Crippen MR) is 129 cm³/mol. The molecule has 10 heteroatoms. The first-order chi connectivity index (χ1) is 16.3. The zero-order chi connectivity index (χ0) is 24.0. The Kier molecular flexibility index (Phi) is 5.41. The number of aromatic hydroxyl groups is 1. The molecule has 0 amide bonds. The molecule has 34 heavy (non-hydrogen) atoms. The molecule has 172 valence electrons. The van der Waals surface area contributed by atoms with Crippen molar-refractivity contribution < 1.29 is 9.50 Å². The van der Waals surface area contributed by atoms with Gasteiger partial charge in [0.05, 0.1) is 28.2 Å². The van der Waals surface area contributed by atoms with Gasteiger partial charge in [-0.3, -0.25) is 10.2 Å². The second-order valence-corrected chi connectivity index (χ2v) is 8.56. The van der Waals surface area contributed by atoms with E-state index in [1.54, 1.807) is 16.7 Å². The molecule has 5 N–H and O–H groups in total. The van der Waals surface area contributed by atoms with Crippen LogP contribution >= 0.6 is 11.6 Å². The van der Waals surface area contributed by atoms with Gasteiger partial charge >= 0.3 is 0 Å². The van der Waals surface area contributed by atoms with E-state index in [2.05, 4.69) is 15.3 Å². The summed E-state index contributed by atoms with van der Waals surface area (Å²) in [6.07, 6.45) is 3.07. The highest BCUT2D eigenvalue weighted by atomic mass is 35.5. The molecule has 0 aliphatic heterocycles. The van der Waals surface area contributed by atoms with Crippen molar-refractivity contribution in [3.8, 4) is 5.75 Å². The van der Waals surface area contributed by atoms with Crippen LogP contribution in [0.1, 0.15) is 35.7 Å². The van der Waals surface area contributed by atoms with Gasteiger partial charge in [0, 0.05) is 23.4 Å². The summed E-state index contributed by atoms with van der Waals surface area (Å²) in [5.41, 5.74) is 6.77. The van der Waals surface area contributed by atoms with Crippen LogP contribution in [0.4, 0.5) is 16.0 Å². The Hall–Kier alpha value is -3.98. The van der Waals surface area contributed by atoms with Crippen LogP contribution in [0.2, 0.25) is 5.02 Å². The maximum atomic E-state index is 13.8. The zero-order valence-corrected chi connectivity index (χ0v) is 18.6. The number of nitrogens with one attached hydrogen (secondary N) is 2. The van der Waals surface area contributed by atoms with Crippen molar-refractivity contribution in [3.05, 3.63) is 86.8 Å². The molecule has 0 unspecified atom stereocenters. The fourth-order valence-corrected chi connectivity index (χ4v) is 4.34. The number of hydrogen-bond donors (Lipinski definition) is 4. The fraction of sp³-hybridized carbons (Fsp3) is 0.167. The van der Waals surface area contributed by atoms with Gasteiger partial charge in [-0.15, -0.1) is 0 Å². The Morgan fingerprint density at radius 3 is 2.79 bits per heavy atom. The van der Waals surface area contributed by atoms with Crippen LogP contribution in [-0.2, 0) is 6.54 Å². The van der Waals surface area contributed by atoms with E-state index in [-0.39, 0.29) is 52.4 Å². The number of nitrogens with two attached hydrogens (primary N) is 1. The molecular formula is C24H20ClFN6O2. The SMILES string of the molecule is N=C(c1cc(O)cc(F)c1)c1c(N)ncnc1NCc1cc2cccc(Cl)c2c(=O)n1C1CC1. The maximum Gasteiger partial charge on any atom is 0.260 e. The average molecular weight is 479 g/mol. The van der Waals surface area contributed by atoms with E-state index in [1.807, 2.05) is 12.1 Å². The summed E-state index contributed by atoms with van der Waals surface area (Å²) in [5.74, 6) is -0.723. The molecule has 1 fully saturated rings. The molecule has 2 heterocycles. The molecule has 0 bridgehead atoms. The lowest BCUT2D eigenvalue weighted by molar-refractivity contribution is 0.469. The Labute approximate surface area is 198 Å². The average Bonchev–Trinajstić information content (AvgIpc) is 3.61. The molecule has 1 aliphatic rings. The summed E-state index contributed by atoms with van der Waals surface area (Å²) in [4.78, 5) is 21.4. The van der Waals surface area contributed by atoms with E-state index in [0.29, 0.717) is 10.4 Å². The number of halogens is 2. The third kappa shape index (κ3) is 3.94. The van der Waals surface area contributed by atoms with Gasteiger partial charge in [0.1, 0.15) is 29.5 Å². The molecule has 4 aromatic rings. The molecule has 5 rings (SSSR count). The van der Waals surface area contributed by atoms with Gasteiger partial charge in [0.2, 0.25) is 0 Å². The van der Waals surface area contributed by atoms with Crippen LogP contribution in [-0.4, -0.2) is 25.4 Å². The minimum Gasteiger partial charge on any atom is -0.508 e. The largest absolute Gasteiger partial charge is 0.508 e. The molecule has 0 spiro atoms. The first-order valence-corrected chi connectivity index (χ1v) is 11.0. The lowest BCUT2D eigenvalue weighted by Gasteiger charge is -2.17. The summed E-state index contributed by atoms with van der Waals surface area (Å²) < 4.78 is 15.6. The number of anilines is 2. The second kappa shape index (κ2) is 8.42. The van der Waals surface area contributed by atoms with Gasteiger partial charge in [-0.25, -0.2) is 14.4 Å². The number of phenolic OH excluding ortho intramolecular Hbond substituents is 1. The van der Waals surface area contributed by atoms with Gasteiger partial charge in [0.15, 0.2) is 0 Å². The lowest BCUT2D eigenvalue weighted by atomic mass is 10.0. The highest BCUT2D eigenvalue weighted by molar-refractivity contribution is 6.35. The van der Waals surface area contributed by atoms with E-state index in [9.17, 15) is 14.3 Å².